The molecule has 2 amide bonds. The summed E-state index contributed by atoms with van der Waals surface area (Å²) in [6.45, 7) is 7.54. The third-order valence-electron chi connectivity index (χ3n) is 5.51. The van der Waals surface area contributed by atoms with E-state index in [1.807, 2.05) is 32.9 Å². The smallest absolute Gasteiger partial charge is 0.410 e. The van der Waals surface area contributed by atoms with Crippen molar-refractivity contribution in [3.05, 3.63) is 46.1 Å². The van der Waals surface area contributed by atoms with Crippen LogP contribution in [0.2, 0.25) is 0 Å². The van der Waals surface area contributed by atoms with Gasteiger partial charge in [0, 0.05) is 30.2 Å². The third kappa shape index (κ3) is 6.32. The fraction of sp³-hybridized carbons (Fsp3) is 0.500. The Morgan fingerprint density at radius 2 is 2.26 bits per heavy atom. The number of carbonyl (C=O) groups is 2. The predicted octanol–water partition coefficient (Wildman–Crippen LogP) is 4.04. The van der Waals surface area contributed by atoms with Gasteiger partial charge >= 0.3 is 6.09 Å². The SMILES string of the molecule is CC.CC(CC(=O)Nc1sc2c(c1C#N)CCN(C(=O)OCC1COCO1)C2)c1cccnc1. The second-order valence-corrected chi connectivity index (χ2v) is 8.89. The van der Waals surface area contributed by atoms with Crippen LogP contribution in [0, 0.1) is 11.3 Å². The number of nitrogens with one attached hydrogen (secondary N) is 1. The number of hydrogen-bond donors (Lipinski definition) is 1. The highest BCUT2D eigenvalue weighted by atomic mass is 32.1. The first-order valence-corrected chi connectivity index (χ1v) is 12.2. The van der Waals surface area contributed by atoms with Gasteiger partial charge in [0.05, 0.1) is 18.7 Å². The summed E-state index contributed by atoms with van der Waals surface area (Å²) in [4.78, 5) is 31.6. The van der Waals surface area contributed by atoms with Crippen molar-refractivity contribution >= 4 is 28.3 Å². The first-order valence-electron chi connectivity index (χ1n) is 11.4. The maximum Gasteiger partial charge on any atom is 0.410 e. The molecule has 2 atom stereocenters. The van der Waals surface area contributed by atoms with E-state index in [4.69, 9.17) is 14.2 Å². The minimum absolute atomic E-state index is 0.00308. The highest BCUT2D eigenvalue weighted by Crippen LogP contribution is 2.37. The van der Waals surface area contributed by atoms with E-state index in [1.54, 1.807) is 17.3 Å². The highest BCUT2D eigenvalue weighted by Gasteiger charge is 2.29. The number of carbonyl (C=O) groups excluding carboxylic acids is 2. The maximum absolute atomic E-state index is 12.6. The highest BCUT2D eigenvalue weighted by molar-refractivity contribution is 7.16. The van der Waals surface area contributed by atoms with Crippen molar-refractivity contribution in [2.45, 2.75) is 52.2 Å². The second kappa shape index (κ2) is 12.5. The lowest BCUT2D eigenvalue weighted by atomic mass is 9.99. The summed E-state index contributed by atoms with van der Waals surface area (Å²) in [5.41, 5.74) is 2.36. The zero-order valence-electron chi connectivity index (χ0n) is 19.7. The van der Waals surface area contributed by atoms with Crippen LogP contribution in [0.1, 0.15) is 54.7 Å². The lowest BCUT2D eigenvalue weighted by Crippen LogP contribution is -2.37. The Morgan fingerprint density at radius 1 is 1.44 bits per heavy atom. The molecule has 1 N–H and O–H groups in total. The number of nitrogens with zero attached hydrogens (tertiary/aromatic N) is 3. The molecule has 1 saturated heterocycles. The van der Waals surface area contributed by atoms with Crippen LogP contribution in [0.5, 0.6) is 0 Å². The van der Waals surface area contributed by atoms with Crippen LogP contribution in [0.4, 0.5) is 9.80 Å². The fourth-order valence-electron chi connectivity index (χ4n) is 3.73. The number of amides is 2. The molecule has 0 bridgehead atoms. The summed E-state index contributed by atoms with van der Waals surface area (Å²) < 4.78 is 15.7. The number of hydrogen-bond acceptors (Lipinski definition) is 8. The molecule has 34 heavy (non-hydrogen) atoms. The number of anilines is 1. The van der Waals surface area contributed by atoms with Gasteiger partial charge in [-0.1, -0.05) is 26.8 Å². The van der Waals surface area contributed by atoms with Crippen molar-refractivity contribution in [2.75, 3.05) is 31.9 Å². The Labute approximate surface area is 203 Å². The van der Waals surface area contributed by atoms with E-state index in [0.29, 0.717) is 36.7 Å². The molecule has 2 aromatic rings. The van der Waals surface area contributed by atoms with Crippen molar-refractivity contribution in [2.24, 2.45) is 0 Å². The minimum atomic E-state index is -0.422. The molecular weight excluding hydrogens is 456 g/mol. The molecule has 4 heterocycles. The number of pyridine rings is 1. The quantitative estimate of drug-likeness (QED) is 0.655. The van der Waals surface area contributed by atoms with E-state index in [-0.39, 0.29) is 37.7 Å². The number of nitriles is 1. The molecule has 4 rings (SSSR count). The Bertz CT molecular complexity index is 1010. The van der Waals surface area contributed by atoms with E-state index >= 15 is 0 Å². The van der Waals surface area contributed by atoms with Crippen molar-refractivity contribution in [3.63, 3.8) is 0 Å². The average molecular weight is 487 g/mol. The molecule has 2 aliphatic heterocycles. The van der Waals surface area contributed by atoms with E-state index in [1.165, 1.54) is 11.3 Å². The number of aromatic nitrogens is 1. The first kappa shape index (κ1) is 25.6. The van der Waals surface area contributed by atoms with Gasteiger partial charge in [0.15, 0.2) is 0 Å². The number of fused-ring (bicyclic) bond motifs is 1. The molecule has 0 radical (unpaired) electrons. The fourth-order valence-corrected chi connectivity index (χ4v) is 4.96. The van der Waals surface area contributed by atoms with Crippen LogP contribution in [0.15, 0.2) is 24.5 Å². The van der Waals surface area contributed by atoms with Crippen LogP contribution >= 0.6 is 11.3 Å². The van der Waals surface area contributed by atoms with Gasteiger partial charge in [-0.3, -0.25) is 9.78 Å². The van der Waals surface area contributed by atoms with Crippen molar-refractivity contribution in [1.82, 2.24) is 9.88 Å². The predicted molar refractivity (Wildman–Crippen MR) is 127 cm³/mol. The minimum Gasteiger partial charge on any atom is -0.447 e. The van der Waals surface area contributed by atoms with Crippen molar-refractivity contribution in [1.29, 1.82) is 5.26 Å². The zero-order valence-corrected chi connectivity index (χ0v) is 20.5. The summed E-state index contributed by atoms with van der Waals surface area (Å²) >= 11 is 1.34. The molecule has 1 fully saturated rings. The molecule has 2 unspecified atom stereocenters. The van der Waals surface area contributed by atoms with Gasteiger partial charge in [-0.05, 0) is 29.5 Å². The van der Waals surface area contributed by atoms with Gasteiger partial charge in [0.1, 0.15) is 30.6 Å². The van der Waals surface area contributed by atoms with Gasteiger partial charge in [-0.2, -0.15) is 5.26 Å². The summed E-state index contributed by atoms with van der Waals surface area (Å²) in [6.07, 6.45) is 3.61. The molecule has 182 valence electrons. The maximum atomic E-state index is 12.6. The standard InChI is InChI=1S/C22H24N4O5S.C2H6/c1-14(15-3-2-5-24-9-15)7-20(27)25-21-18(8-23)17-4-6-26(10-19(17)32-21)22(28)30-12-16-11-29-13-31-16;1-2/h2-3,5,9,14,16H,4,6-7,10-13H2,1H3,(H,25,27);1-2H3. The zero-order chi connectivity index (χ0) is 24.5. The summed E-state index contributed by atoms with van der Waals surface area (Å²) in [7, 11) is 0. The molecule has 0 aliphatic carbocycles. The Morgan fingerprint density at radius 3 is 2.94 bits per heavy atom. The Balaban J connectivity index is 0.00000158. The van der Waals surface area contributed by atoms with Gasteiger partial charge in [-0.25, -0.2) is 4.79 Å². The topological polar surface area (TPSA) is 114 Å². The molecule has 0 saturated carbocycles. The summed E-state index contributed by atoms with van der Waals surface area (Å²) in [6, 6.07) is 6.00. The molecule has 10 heteroatoms. The normalized spacial score (nSPS) is 17.6. The molecule has 2 aromatic heterocycles. The van der Waals surface area contributed by atoms with Crippen molar-refractivity contribution in [3.8, 4) is 6.07 Å². The molecule has 2 aliphatic rings. The first-order chi connectivity index (χ1) is 16.5. The van der Waals surface area contributed by atoms with Crippen LogP contribution < -0.4 is 5.32 Å². The Hall–Kier alpha value is -3.00. The molecule has 0 spiro atoms. The summed E-state index contributed by atoms with van der Waals surface area (Å²) in [5, 5.41) is 13.1. The lowest BCUT2D eigenvalue weighted by molar-refractivity contribution is -0.116. The van der Waals surface area contributed by atoms with Gasteiger partial charge in [0.2, 0.25) is 5.91 Å². The van der Waals surface area contributed by atoms with E-state index < -0.39 is 6.09 Å². The largest absolute Gasteiger partial charge is 0.447 e. The summed E-state index contributed by atoms with van der Waals surface area (Å²) in [5.74, 6) is -0.158. The molecule has 0 aromatic carbocycles. The lowest BCUT2D eigenvalue weighted by Gasteiger charge is -2.26. The van der Waals surface area contributed by atoms with Gasteiger partial charge in [-0.15, -0.1) is 11.3 Å². The monoisotopic (exact) mass is 486 g/mol. The average Bonchev–Trinajstić information content (AvgIpc) is 3.51. The van der Waals surface area contributed by atoms with Crippen LogP contribution in [-0.2, 0) is 32.0 Å². The van der Waals surface area contributed by atoms with Gasteiger partial charge in [0.25, 0.3) is 0 Å². The number of rotatable bonds is 6. The molecular formula is C24H30N4O5S. The number of thiophene rings is 1. The third-order valence-corrected chi connectivity index (χ3v) is 6.64. The van der Waals surface area contributed by atoms with E-state index in [9.17, 15) is 14.9 Å². The van der Waals surface area contributed by atoms with Crippen molar-refractivity contribution < 1.29 is 23.8 Å². The van der Waals surface area contributed by atoms with Gasteiger partial charge < -0.3 is 24.4 Å². The molecule has 9 nitrogen and oxygen atoms in total. The van der Waals surface area contributed by atoms with E-state index in [2.05, 4.69) is 16.4 Å². The van der Waals surface area contributed by atoms with Crippen LogP contribution in [0.25, 0.3) is 0 Å². The van der Waals surface area contributed by atoms with Crippen LogP contribution in [0.3, 0.4) is 0 Å². The second-order valence-electron chi connectivity index (χ2n) is 7.79. The Kier molecular flexibility index (Phi) is 9.39. The van der Waals surface area contributed by atoms with Crippen LogP contribution in [-0.4, -0.2) is 54.5 Å². The van der Waals surface area contributed by atoms with E-state index in [0.717, 1.165) is 16.0 Å². The number of ether oxygens (including phenoxy) is 3.